The van der Waals surface area contributed by atoms with Gasteiger partial charge in [0.15, 0.2) is 0 Å². The molecule has 2 N–H and O–H groups in total. The first kappa shape index (κ1) is 13.4. The summed E-state index contributed by atoms with van der Waals surface area (Å²) in [4.78, 5) is 2.64. The Morgan fingerprint density at radius 1 is 1.06 bits per heavy atom. The third-order valence-electron chi connectivity index (χ3n) is 4.77. The molecule has 0 radical (unpaired) electrons. The van der Waals surface area contributed by atoms with Gasteiger partial charge in [-0.15, -0.1) is 0 Å². The lowest BCUT2D eigenvalue weighted by molar-refractivity contribution is 0.152. The van der Waals surface area contributed by atoms with Gasteiger partial charge in [0.1, 0.15) is 0 Å². The Labute approximate surface area is 107 Å². The Kier molecular flexibility index (Phi) is 4.48. The molecule has 2 heteroatoms. The Morgan fingerprint density at radius 3 is 2.59 bits per heavy atom. The normalized spacial score (nSPS) is 41.1. The molecule has 1 saturated heterocycles. The van der Waals surface area contributed by atoms with E-state index in [9.17, 15) is 0 Å². The molecule has 3 atom stereocenters. The van der Waals surface area contributed by atoms with Gasteiger partial charge in [-0.3, -0.25) is 0 Å². The summed E-state index contributed by atoms with van der Waals surface area (Å²) in [6.45, 7) is 8.45. The molecule has 2 fully saturated rings. The SMILES string of the molecule is CC1CCCN(CC2(N)CCCC(C)C2)CC1. The first-order chi connectivity index (χ1) is 8.07. The molecule has 0 spiro atoms. The number of likely N-dealkylation sites (tertiary alicyclic amines) is 1. The lowest BCUT2D eigenvalue weighted by Gasteiger charge is -2.40. The van der Waals surface area contributed by atoms with Crippen LogP contribution in [0.3, 0.4) is 0 Å². The van der Waals surface area contributed by atoms with Gasteiger partial charge in [-0.05, 0) is 57.0 Å². The highest BCUT2D eigenvalue weighted by molar-refractivity contribution is 4.92. The summed E-state index contributed by atoms with van der Waals surface area (Å²) in [5.41, 5.74) is 6.74. The van der Waals surface area contributed by atoms with Gasteiger partial charge in [-0.1, -0.05) is 26.7 Å². The van der Waals surface area contributed by atoms with Crippen molar-refractivity contribution in [3.63, 3.8) is 0 Å². The molecule has 0 amide bonds. The lowest BCUT2D eigenvalue weighted by Crippen LogP contribution is -2.53. The fourth-order valence-corrected chi connectivity index (χ4v) is 3.77. The Bertz CT molecular complexity index is 241. The molecule has 0 bridgehead atoms. The van der Waals surface area contributed by atoms with Gasteiger partial charge < -0.3 is 10.6 Å². The van der Waals surface area contributed by atoms with Crippen LogP contribution < -0.4 is 5.73 Å². The third kappa shape index (κ3) is 3.96. The average molecular weight is 238 g/mol. The highest BCUT2D eigenvalue weighted by atomic mass is 15.1. The summed E-state index contributed by atoms with van der Waals surface area (Å²) in [6, 6.07) is 0. The van der Waals surface area contributed by atoms with Crippen LogP contribution >= 0.6 is 0 Å². The minimum Gasteiger partial charge on any atom is -0.324 e. The maximum absolute atomic E-state index is 6.62. The van der Waals surface area contributed by atoms with E-state index in [1.54, 1.807) is 0 Å². The number of hydrogen-bond acceptors (Lipinski definition) is 2. The third-order valence-corrected chi connectivity index (χ3v) is 4.77. The van der Waals surface area contributed by atoms with Crippen molar-refractivity contribution >= 4 is 0 Å². The van der Waals surface area contributed by atoms with Crippen molar-refractivity contribution in [3.8, 4) is 0 Å². The van der Waals surface area contributed by atoms with Crippen LogP contribution in [0, 0.1) is 11.8 Å². The summed E-state index contributed by atoms with van der Waals surface area (Å²) in [5, 5.41) is 0. The smallest absolute Gasteiger partial charge is 0.0285 e. The molecule has 2 rings (SSSR count). The number of nitrogens with two attached hydrogens (primary N) is 1. The van der Waals surface area contributed by atoms with Crippen molar-refractivity contribution in [2.45, 2.75) is 64.3 Å². The van der Waals surface area contributed by atoms with Crippen LogP contribution in [0.15, 0.2) is 0 Å². The van der Waals surface area contributed by atoms with Crippen molar-refractivity contribution in [2.24, 2.45) is 17.6 Å². The lowest BCUT2D eigenvalue weighted by atomic mass is 9.77. The molecule has 3 unspecified atom stereocenters. The van der Waals surface area contributed by atoms with Crippen molar-refractivity contribution in [3.05, 3.63) is 0 Å². The molecule has 1 heterocycles. The summed E-state index contributed by atoms with van der Waals surface area (Å²) in [5.74, 6) is 1.75. The number of nitrogens with zero attached hydrogens (tertiary/aromatic N) is 1. The highest BCUT2D eigenvalue weighted by Gasteiger charge is 2.32. The molecule has 0 aromatic carbocycles. The van der Waals surface area contributed by atoms with E-state index in [4.69, 9.17) is 5.73 Å². The maximum atomic E-state index is 6.62. The van der Waals surface area contributed by atoms with Gasteiger partial charge in [0, 0.05) is 12.1 Å². The van der Waals surface area contributed by atoms with E-state index in [-0.39, 0.29) is 5.54 Å². The summed E-state index contributed by atoms with van der Waals surface area (Å²) < 4.78 is 0. The second kappa shape index (κ2) is 5.71. The Morgan fingerprint density at radius 2 is 1.82 bits per heavy atom. The van der Waals surface area contributed by atoms with Crippen LogP contribution in [0.4, 0.5) is 0 Å². The number of rotatable bonds is 2. The van der Waals surface area contributed by atoms with E-state index in [2.05, 4.69) is 18.7 Å². The van der Waals surface area contributed by atoms with E-state index in [0.717, 1.165) is 18.4 Å². The van der Waals surface area contributed by atoms with Gasteiger partial charge in [-0.25, -0.2) is 0 Å². The molecule has 0 aromatic heterocycles. The van der Waals surface area contributed by atoms with Gasteiger partial charge in [-0.2, -0.15) is 0 Å². The topological polar surface area (TPSA) is 29.3 Å². The quantitative estimate of drug-likeness (QED) is 0.801. The van der Waals surface area contributed by atoms with Crippen LogP contribution in [0.25, 0.3) is 0 Å². The fraction of sp³-hybridized carbons (Fsp3) is 1.00. The van der Waals surface area contributed by atoms with Crippen LogP contribution in [0.1, 0.15) is 58.8 Å². The monoisotopic (exact) mass is 238 g/mol. The second-order valence-electron chi connectivity index (χ2n) is 6.88. The average Bonchev–Trinajstić information content (AvgIpc) is 2.43. The van der Waals surface area contributed by atoms with E-state index in [0.29, 0.717) is 0 Å². The van der Waals surface area contributed by atoms with Gasteiger partial charge in [0.2, 0.25) is 0 Å². The minimum absolute atomic E-state index is 0.116. The van der Waals surface area contributed by atoms with Crippen molar-refractivity contribution < 1.29 is 0 Å². The van der Waals surface area contributed by atoms with Crippen molar-refractivity contribution in [1.82, 2.24) is 4.90 Å². The van der Waals surface area contributed by atoms with Crippen LogP contribution in [0.2, 0.25) is 0 Å². The van der Waals surface area contributed by atoms with Crippen molar-refractivity contribution in [1.29, 1.82) is 0 Å². The van der Waals surface area contributed by atoms with Crippen molar-refractivity contribution in [2.75, 3.05) is 19.6 Å². The van der Waals surface area contributed by atoms with E-state index < -0.39 is 0 Å². The molecular formula is C15H30N2. The van der Waals surface area contributed by atoms with Gasteiger partial charge >= 0.3 is 0 Å². The predicted octanol–water partition coefficient (Wildman–Crippen LogP) is 3.02. The largest absolute Gasteiger partial charge is 0.324 e. The Balaban J connectivity index is 1.86. The maximum Gasteiger partial charge on any atom is 0.0285 e. The number of hydrogen-bond donors (Lipinski definition) is 1. The zero-order valence-electron chi connectivity index (χ0n) is 11.8. The zero-order chi connectivity index (χ0) is 12.3. The molecule has 2 aliphatic rings. The molecule has 2 nitrogen and oxygen atoms in total. The molecule has 1 aliphatic heterocycles. The Hall–Kier alpha value is -0.0800. The van der Waals surface area contributed by atoms with E-state index in [1.807, 2.05) is 0 Å². The molecule has 0 aromatic rings. The van der Waals surface area contributed by atoms with E-state index >= 15 is 0 Å². The van der Waals surface area contributed by atoms with Crippen LogP contribution in [-0.4, -0.2) is 30.1 Å². The highest BCUT2D eigenvalue weighted by Crippen LogP contribution is 2.31. The molecule has 17 heavy (non-hydrogen) atoms. The molecule has 1 aliphatic carbocycles. The summed E-state index contributed by atoms with van der Waals surface area (Å²) >= 11 is 0. The second-order valence-corrected chi connectivity index (χ2v) is 6.88. The first-order valence-corrected chi connectivity index (χ1v) is 7.59. The van der Waals surface area contributed by atoms with Crippen LogP contribution in [-0.2, 0) is 0 Å². The molecule has 1 saturated carbocycles. The van der Waals surface area contributed by atoms with Crippen LogP contribution in [0.5, 0.6) is 0 Å². The van der Waals surface area contributed by atoms with Gasteiger partial charge in [0.25, 0.3) is 0 Å². The summed E-state index contributed by atoms with van der Waals surface area (Å²) in [7, 11) is 0. The molecular weight excluding hydrogens is 208 g/mol. The van der Waals surface area contributed by atoms with E-state index in [1.165, 1.54) is 58.0 Å². The fourth-order valence-electron chi connectivity index (χ4n) is 3.77. The predicted molar refractivity (Wildman–Crippen MR) is 74.0 cm³/mol. The standard InChI is InChI=1S/C15H30N2/c1-13-6-4-9-17(10-7-13)12-15(16)8-3-5-14(2)11-15/h13-14H,3-12,16H2,1-2H3. The van der Waals surface area contributed by atoms with Gasteiger partial charge in [0.05, 0.1) is 0 Å². The first-order valence-electron chi connectivity index (χ1n) is 7.59. The summed E-state index contributed by atoms with van der Waals surface area (Å²) in [6.07, 6.45) is 9.34. The minimum atomic E-state index is 0.116. The molecule has 100 valence electrons. The zero-order valence-corrected chi connectivity index (χ0v) is 11.8.